The Bertz CT molecular complexity index is 426. The third-order valence-electron chi connectivity index (χ3n) is 2.04. The first-order valence-corrected chi connectivity index (χ1v) is 6.37. The summed E-state index contributed by atoms with van der Waals surface area (Å²) in [6, 6.07) is 2.87. The van der Waals surface area contributed by atoms with Gasteiger partial charge in [0.05, 0.1) is 6.54 Å². The molecule has 1 heterocycles. The highest BCUT2D eigenvalue weighted by molar-refractivity contribution is 7.89. The van der Waals surface area contributed by atoms with E-state index in [0.29, 0.717) is 5.76 Å². The third kappa shape index (κ3) is 3.31. The van der Waals surface area contributed by atoms with Crippen molar-refractivity contribution in [2.45, 2.75) is 18.6 Å². The molecule has 1 aromatic heterocycles. The van der Waals surface area contributed by atoms with Crippen LogP contribution in [0.25, 0.3) is 0 Å². The maximum absolute atomic E-state index is 11.7. The van der Waals surface area contributed by atoms with Crippen molar-refractivity contribution >= 4 is 10.0 Å². The van der Waals surface area contributed by atoms with Gasteiger partial charge in [-0.2, -0.15) is 0 Å². The van der Waals surface area contributed by atoms with Gasteiger partial charge < -0.3 is 15.3 Å². The van der Waals surface area contributed by atoms with E-state index in [-0.39, 0.29) is 30.7 Å². The van der Waals surface area contributed by atoms with Crippen molar-refractivity contribution in [3.63, 3.8) is 0 Å². The summed E-state index contributed by atoms with van der Waals surface area (Å²) in [6.45, 7) is 1.98. The van der Waals surface area contributed by atoms with Gasteiger partial charge in [-0.25, -0.2) is 13.1 Å². The van der Waals surface area contributed by atoms with Gasteiger partial charge >= 0.3 is 0 Å². The number of sulfonamides is 1. The van der Waals surface area contributed by atoms with E-state index in [2.05, 4.69) is 4.72 Å². The van der Waals surface area contributed by atoms with Crippen molar-refractivity contribution in [3.05, 3.63) is 17.9 Å². The largest absolute Gasteiger partial charge is 0.447 e. The zero-order chi connectivity index (χ0) is 12.2. The van der Waals surface area contributed by atoms with E-state index in [1.165, 1.54) is 12.1 Å². The summed E-state index contributed by atoms with van der Waals surface area (Å²) in [5, 5.41) is 8.62. The maximum atomic E-state index is 11.7. The Balaban J connectivity index is 2.70. The molecule has 0 bridgehead atoms. The average molecular weight is 248 g/mol. The molecule has 1 unspecified atom stereocenters. The minimum atomic E-state index is -3.64. The summed E-state index contributed by atoms with van der Waals surface area (Å²) >= 11 is 0. The van der Waals surface area contributed by atoms with E-state index in [1.54, 1.807) is 6.92 Å². The summed E-state index contributed by atoms with van der Waals surface area (Å²) in [5.74, 6) is 0.272. The van der Waals surface area contributed by atoms with Crippen molar-refractivity contribution in [1.29, 1.82) is 0 Å². The minimum Gasteiger partial charge on any atom is -0.447 e. The van der Waals surface area contributed by atoms with E-state index < -0.39 is 10.0 Å². The molecule has 0 saturated heterocycles. The number of rotatable bonds is 6. The van der Waals surface area contributed by atoms with Gasteiger partial charge in [0.2, 0.25) is 5.09 Å². The maximum Gasteiger partial charge on any atom is 0.273 e. The van der Waals surface area contributed by atoms with Gasteiger partial charge in [0, 0.05) is 13.2 Å². The smallest absolute Gasteiger partial charge is 0.273 e. The fraction of sp³-hybridized carbons (Fsp3) is 0.556. The lowest BCUT2D eigenvalue weighted by atomic mass is 10.2. The van der Waals surface area contributed by atoms with Crippen LogP contribution in [0.4, 0.5) is 0 Å². The van der Waals surface area contributed by atoms with E-state index in [9.17, 15) is 8.42 Å². The van der Waals surface area contributed by atoms with Crippen molar-refractivity contribution in [3.8, 4) is 0 Å². The number of aliphatic hydroxyl groups excluding tert-OH is 1. The van der Waals surface area contributed by atoms with Crippen LogP contribution in [0.5, 0.6) is 0 Å². The predicted octanol–water partition coefficient (Wildman–Crippen LogP) is -0.355. The molecular weight excluding hydrogens is 232 g/mol. The molecule has 0 aliphatic heterocycles. The molecule has 0 spiro atoms. The highest BCUT2D eigenvalue weighted by atomic mass is 32.2. The van der Waals surface area contributed by atoms with Crippen LogP contribution in [0.3, 0.4) is 0 Å². The number of aliphatic hydroxyl groups is 1. The normalized spacial score (nSPS) is 13.9. The summed E-state index contributed by atoms with van der Waals surface area (Å²) in [5.41, 5.74) is 5.31. The number of nitrogens with two attached hydrogens (primary N) is 1. The number of hydrogen-bond donors (Lipinski definition) is 3. The van der Waals surface area contributed by atoms with Crippen molar-refractivity contribution in [2.75, 3.05) is 13.2 Å². The zero-order valence-electron chi connectivity index (χ0n) is 9.01. The van der Waals surface area contributed by atoms with Crippen molar-refractivity contribution in [1.82, 2.24) is 4.72 Å². The highest BCUT2D eigenvalue weighted by Gasteiger charge is 2.18. The molecule has 0 amide bonds. The first-order valence-electron chi connectivity index (χ1n) is 4.89. The SMILES string of the molecule is CC(CO)CNS(=O)(=O)c1ccc(CN)o1. The molecular formula is C9H16N2O4S. The Morgan fingerprint density at radius 1 is 1.56 bits per heavy atom. The summed E-state index contributed by atoms with van der Waals surface area (Å²) < 4.78 is 30.7. The third-order valence-corrected chi connectivity index (χ3v) is 3.33. The van der Waals surface area contributed by atoms with E-state index in [0.717, 1.165) is 0 Å². The molecule has 0 aliphatic rings. The Kier molecular flexibility index (Phi) is 4.48. The van der Waals surface area contributed by atoms with Crippen LogP contribution >= 0.6 is 0 Å². The fourth-order valence-electron chi connectivity index (χ4n) is 1.00. The summed E-state index contributed by atoms with van der Waals surface area (Å²) in [7, 11) is -3.64. The summed E-state index contributed by atoms with van der Waals surface area (Å²) in [4.78, 5) is 0. The second-order valence-corrected chi connectivity index (χ2v) is 5.26. The predicted molar refractivity (Wildman–Crippen MR) is 58.0 cm³/mol. The van der Waals surface area contributed by atoms with Gasteiger partial charge in [-0.3, -0.25) is 0 Å². The lowest BCUT2D eigenvalue weighted by molar-refractivity contribution is 0.238. The molecule has 1 atom stereocenters. The van der Waals surface area contributed by atoms with Crippen LogP contribution < -0.4 is 10.5 Å². The van der Waals surface area contributed by atoms with Crippen molar-refractivity contribution in [2.24, 2.45) is 11.7 Å². The van der Waals surface area contributed by atoms with Crippen molar-refractivity contribution < 1.29 is 17.9 Å². The number of nitrogens with one attached hydrogen (secondary N) is 1. The Morgan fingerprint density at radius 3 is 2.75 bits per heavy atom. The second-order valence-electron chi connectivity index (χ2n) is 3.56. The molecule has 16 heavy (non-hydrogen) atoms. The molecule has 0 radical (unpaired) electrons. The van der Waals surface area contributed by atoms with Gasteiger partial charge in [0.15, 0.2) is 0 Å². The van der Waals surface area contributed by atoms with E-state index in [1.807, 2.05) is 0 Å². The van der Waals surface area contributed by atoms with E-state index >= 15 is 0 Å². The topological polar surface area (TPSA) is 106 Å². The van der Waals surface area contributed by atoms with Gasteiger partial charge in [0.25, 0.3) is 10.0 Å². The van der Waals surface area contributed by atoms with Crippen LogP contribution in [0, 0.1) is 5.92 Å². The lowest BCUT2D eigenvalue weighted by Crippen LogP contribution is -2.29. The van der Waals surface area contributed by atoms with Gasteiger partial charge in [-0.15, -0.1) is 0 Å². The zero-order valence-corrected chi connectivity index (χ0v) is 9.83. The molecule has 0 aliphatic carbocycles. The Morgan fingerprint density at radius 2 is 2.25 bits per heavy atom. The Labute approximate surface area is 94.5 Å². The minimum absolute atomic E-state index is 0.0747. The average Bonchev–Trinajstić information content (AvgIpc) is 2.75. The number of furan rings is 1. The molecule has 7 heteroatoms. The Hall–Kier alpha value is -0.890. The molecule has 0 aromatic carbocycles. The van der Waals surface area contributed by atoms with Crippen LogP contribution in [0.15, 0.2) is 21.6 Å². The van der Waals surface area contributed by atoms with Gasteiger partial charge in [0.1, 0.15) is 5.76 Å². The molecule has 1 aromatic rings. The lowest BCUT2D eigenvalue weighted by Gasteiger charge is -2.08. The second kappa shape index (κ2) is 5.44. The monoisotopic (exact) mass is 248 g/mol. The highest BCUT2D eigenvalue weighted by Crippen LogP contribution is 2.13. The molecule has 1 rings (SSSR count). The number of hydrogen-bond acceptors (Lipinski definition) is 5. The molecule has 4 N–H and O–H groups in total. The fourth-order valence-corrected chi connectivity index (χ4v) is 2.11. The molecule has 92 valence electrons. The molecule has 0 saturated carbocycles. The first kappa shape index (κ1) is 13.2. The summed E-state index contributed by atoms with van der Waals surface area (Å²) in [6.07, 6.45) is 0. The van der Waals surface area contributed by atoms with E-state index in [4.69, 9.17) is 15.3 Å². The molecule has 0 fully saturated rings. The first-order chi connectivity index (χ1) is 7.49. The van der Waals surface area contributed by atoms with Crippen LogP contribution in [-0.2, 0) is 16.6 Å². The van der Waals surface area contributed by atoms with Crippen LogP contribution in [0.1, 0.15) is 12.7 Å². The van der Waals surface area contributed by atoms with Gasteiger partial charge in [-0.1, -0.05) is 6.92 Å². The quantitative estimate of drug-likeness (QED) is 0.638. The van der Waals surface area contributed by atoms with Crippen LogP contribution in [0.2, 0.25) is 0 Å². The van der Waals surface area contributed by atoms with Gasteiger partial charge in [-0.05, 0) is 18.1 Å². The standard InChI is InChI=1S/C9H16N2O4S/c1-7(6-12)5-11-16(13,14)9-3-2-8(4-10)15-9/h2-3,7,11-12H,4-6,10H2,1H3. The van der Waals surface area contributed by atoms with Crippen LogP contribution in [-0.4, -0.2) is 26.7 Å². The molecule has 6 nitrogen and oxygen atoms in total.